The molecule has 0 fully saturated rings. The number of nitrogens with zero attached hydrogens (tertiary/aromatic N) is 1. The normalized spacial score (nSPS) is 14.3. The van der Waals surface area contributed by atoms with Crippen LogP contribution in [0.15, 0.2) is 47.2 Å². The molecule has 2 atom stereocenters. The molecule has 96 valence electrons. The monoisotopic (exact) mass is 246 g/mol. The maximum absolute atomic E-state index is 9.93. The summed E-state index contributed by atoms with van der Waals surface area (Å²) < 4.78 is 5.17. The molecule has 0 bridgehead atoms. The van der Waals surface area contributed by atoms with Gasteiger partial charge in [-0.1, -0.05) is 6.07 Å². The van der Waals surface area contributed by atoms with E-state index in [0.717, 1.165) is 5.69 Å². The maximum atomic E-state index is 9.93. The number of furan rings is 1. The molecule has 4 heteroatoms. The maximum Gasteiger partial charge on any atom is 0.132 e. The van der Waals surface area contributed by atoms with Gasteiger partial charge in [-0.25, -0.2) is 0 Å². The van der Waals surface area contributed by atoms with Gasteiger partial charge >= 0.3 is 0 Å². The number of hydrogen-bond acceptors (Lipinski definition) is 4. The van der Waals surface area contributed by atoms with Gasteiger partial charge in [0, 0.05) is 18.8 Å². The van der Waals surface area contributed by atoms with Gasteiger partial charge in [-0.3, -0.25) is 4.98 Å². The number of pyridine rings is 1. The highest BCUT2D eigenvalue weighted by Gasteiger charge is 2.14. The lowest BCUT2D eigenvalue weighted by molar-refractivity contribution is 0.128. The zero-order valence-electron chi connectivity index (χ0n) is 10.4. The zero-order valence-corrected chi connectivity index (χ0v) is 10.4. The number of rotatable bonds is 6. The second kappa shape index (κ2) is 6.33. The first-order valence-corrected chi connectivity index (χ1v) is 6.10. The Morgan fingerprint density at radius 2 is 2.22 bits per heavy atom. The predicted molar refractivity (Wildman–Crippen MR) is 68.8 cm³/mol. The van der Waals surface area contributed by atoms with Crippen LogP contribution in [0.1, 0.15) is 30.9 Å². The van der Waals surface area contributed by atoms with Crippen LogP contribution >= 0.6 is 0 Å². The van der Waals surface area contributed by atoms with Gasteiger partial charge in [0.25, 0.3) is 0 Å². The molecule has 0 saturated carbocycles. The van der Waals surface area contributed by atoms with Gasteiger partial charge in [-0.05, 0) is 37.6 Å². The van der Waals surface area contributed by atoms with E-state index in [1.165, 1.54) is 0 Å². The van der Waals surface area contributed by atoms with E-state index in [0.29, 0.717) is 18.7 Å². The summed E-state index contributed by atoms with van der Waals surface area (Å²) in [6.07, 6.45) is 3.40. The van der Waals surface area contributed by atoms with Crippen LogP contribution in [0.2, 0.25) is 0 Å². The summed E-state index contributed by atoms with van der Waals surface area (Å²) in [4.78, 5) is 4.24. The smallest absolute Gasteiger partial charge is 0.132 e. The first-order valence-electron chi connectivity index (χ1n) is 6.10. The molecular weight excluding hydrogens is 228 g/mol. The molecule has 2 aromatic rings. The van der Waals surface area contributed by atoms with Crippen LogP contribution in [0.4, 0.5) is 0 Å². The molecule has 0 aliphatic rings. The SMILES string of the molecule is CC(CC(O)c1ccco1)NCc1ccccn1. The molecule has 0 aliphatic carbocycles. The summed E-state index contributed by atoms with van der Waals surface area (Å²) in [5, 5.41) is 13.3. The Balaban J connectivity index is 1.77. The molecule has 2 rings (SSSR count). The van der Waals surface area contributed by atoms with Crippen LogP contribution in [0, 0.1) is 0 Å². The lowest BCUT2D eigenvalue weighted by atomic mass is 10.1. The second-order valence-corrected chi connectivity index (χ2v) is 4.37. The molecule has 2 heterocycles. The number of aliphatic hydroxyl groups is 1. The predicted octanol–water partition coefficient (Wildman–Crippen LogP) is 2.28. The van der Waals surface area contributed by atoms with E-state index in [1.807, 2.05) is 25.1 Å². The van der Waals surface area contributed by atoms with Crippen molar-refractivity contribution in [3.8, 4) is 0 Å². The Bertz CT molecular complexity index is 442. The van der Waals surface area contributed by atoms with Crippen LogP contribution in [0.5, 0.6) is 0 Å². The van der Waals surface area contributed by atoms with Crippen molar-refractivity contribution in [2.45, 2.75) is 32.0 Å². The lowest BCUT2D eigenvalue weighted by Crippen LogP contribution is -2.27. The number of nitrogens with one attached hydrogen (secondary N) is 1. The number of aliphatic hydroxyl groups excluding tert-OH is 1. The fourth-order valence-electron chi connectivity index (χ4n) is 1.80. The Morgan fingerprint density at radius 1 is 1.33 bits per heavy atom. The molecule has 0 aliphatic heterocycles. The Hall–Kier alpha value is -1.65. The van der Waals surface area contributed by atoms with E-state index in [1.54, 1.807) is 24.6 Å². The first-order chi connectivity index (χ1) is 8.75. The van der Waals surface area contributed by atoms with Crippen LogP contribution in [-0.4, -0.2) is 16.1 Å². The minimum atomic E-state index is -0.564. The van der Waals surface area contributed by atoms with Crippen LogP contribution in [0.25, 0.3) is 0 Å². The topological polar surface area (TPSA) is 58.3 Å². The van der Waals surface area contributed by atoms with Gasteiger partial charge < -0.3 is 14.8 Å². The molecule has 0 amide bonds. The fraction of sp³-hybridized carbons (Fsp3) is 0.357. The Morgan fingerprint density at radius 3 is 2.89 bits per heavy atom. The minimum absolute atomic E-state index is 0.187. The van der Waals surface area contributed by atoms with Crippen LogP contribution in [-0.2, 0) is 6.54 Å². The lowest BCUT2D eigenvalue weighted by Gasteiger charge is -2.16. The Kier molecular flexibility index (Phi) is 4.50. The molecule has 2 aromatic heterocycles. The number of hydrogen-bond donors (Lipinski definition) is 2. The van der Waals surface area contributed by atoms with Crippen molar-refractivity contribution >= 4 is 0 Å². The van der Waals surface area contributed by atoms with E-state index in [-0.39, 0.29) is 6.04 Å². The Labute approximate surface area is 107 Å². The summed E-state index contributed by atoms with van der Waals surface area (Å²) >= 11 is 0. The van der Waals surface area contributed by atoms with Gasteiger partial charge in [0.2, 0.25) is 0 Å². The minimum Gasteiger partial charge on any atom is -0.467 e. The molecule has 4 nitrogen and oxygen atoms in total. The van der Waals surface area contributed by atoms with E-state index >= 15 is 0 Å². The molecule has 18 heavy (non-hydrogen) atoms. The molecule has 2 unspecified atom stereocenters. The summed E-state index contributed by atoms with van der Waals surface area (Å²) in [6, 6.07) is 9.59. The standard InChI is InChI=1S/C14H18N2O2/c1-11(9-13(17)14-6-4-8-18-14)16-10-12-5-2-3-7-15-12/h2-8,11,13,16-17H,9-10H2,1H3. The zero-order chi connectivity index (χ0) is 12.8. The molecule has 0 spiro atoms. The van der Waals surface area contributed by atoms with Gasteiger partial charge in [-0.2, -0.15) is 0 Å². The van der Waals surface area contributed by atoms with E-state index < -0.39 is 6.10 Å². The fourth-order valence-corrected chi connectivity index (χ4v) is 1.80. The van der Waals surface area contributed by atoms with E-state index in [2.05, 4.69) is 10.3 Å². The van der Waals surface area contributed by atoms with E-state index in [4.69, 9.17) is 4.42 Å². The van der Waals surface area contributed by atoms with E-state index in [9.17, 15) is 5.11 Å². The van der Waals surface area contributed by atoms with Crippen molar-refractivity contribution in [1.29, 1.82) is 0 Å². The average molecular weight is 246 g/mol. The second-order valence-electron chi connectivity index (χ2n) is 4.37. The van der Waals surface area contributed by atoms with Crippen molar-refractivity contribution in [3.05, 3.63) is 54.2 Å². The van der Waals surface area contributed by atoms with Gasteiger partial charge in [0.05, 0.1) is 12.0 Å². The van der Waals surface area contributed by atoms with Crippen LogP contribution < -0.4 is 5.32 Å². The highest BCUT2D eigenvalue weighted by atomic mass is 16.4. The van der Waals surface area contributed by atoms with Crippen molar-refractivity contribution < 1.29 is 9.52 Å². The number of aromatic nitrogens is 1. The highest BCUT2D eigenvalue weighted by Crippen LogP contribution is 2.18. The largest absolute Gasteiger partial charge is 0.467 e. The third-order valence-electron chi connectivity index (χ3n) is 2.81. The summed E-state index contributed by atoms with van der Waals surface area (Å²) in [6.45, 7) is 2.74. The average Bonchev–Trinajstić information content (AvgIpc) is 2.91. The van der Waals surface area contributed by atoms with Crippen molar-refractivity contribution in [2.75, 3.05) is 0 Å². The van der Waals surface area contributed by atoms with Crippen molar-refractivity contribution in [3.63, 3.8) is 0 Å². The molecule has 0 saturated heterocycles. The first kappa shape index (κ1) is 12.8. The van der Waals surface area contributed by atoms with Crippen molar-refractivity contribution in [1.82, 2.24) is 10.3 Å². The molecular formula is C14H18N2O2. The summed E-state index contributed by atoms with van der Waals surface area (Å²) in [5.74, 6) is 0.612. The van der Waals surface area contributed by atoms with Gasteiger partial charge in [0.1, 0.15) is 11.9 Å². The highest BCUT2D eigenvalue weighted by molar-refractivity contribution is 5.04. The van der Waals surface area contributed by atoms with Crippen LogP contribution in [0.3, 0.4) is 0 Å². The summed E-state index contributed by atoms with van der Waals surface area (Å²) in [5.41, 5.74) is 0.997. The molecule has 0 radical (unpaired) electrons. The van der Waals surface area contributed by atoms with Gasteiger partial charge in [0.15, 0.2) is 0 Å². The molecule has 2 N–H and O–H groups in total. The third kappa shape index (κ3) is 3.68. The summed E-state index contributed by atoms with van der Waals surface area (Å²) in [7, 11) is 0. The third-order valence-corrected chi connectivity index (χ3v) is 2.81. The quantitative estimate of drug-likeness (QED) is 0.821. The van der Waals surface area contributed by atoms with Gasteiger partial charge in [-0.15, -0.1) is 0 Å². The van der Waals surface area contributed by atoms with Crippen molar-refractivity contribution in [2.24, 2.45) is 0 Å². The molecule has 0 aromatic carbocycles.